The Kier molecular flexibility index (Phi) is 3.27. The summed E-state index contributed by atoms with van der Waals surface area (Å²) in [7, 11) is 1.85. The lowest BCUT2D eigenvalue weighted by Gasteiger charge is -2.19. The third kappa shape index (κ3) is 2.26. The van der Waals surface area contributed by atoms with Gasteiger partial charge in [-0.25, -0.2) is 0 Å². The molecule has 0 unspecified atom stereocenters. The first-order valence-corrected chi connectivity index (χ1v) is 5.98. The van der Waals surface area contributed by atoms with E-state index >= 15 is 0 Å². The quantitative estimate of drug-likeness (QED) is 0.724. The fraction of sp³-hybridized carbons (Fsp3) is 0.667. The Morgan fingerprint density at radius 3 is 2.38 bits per heavy atom. The number of aromatic nitrogens is 2. The van der Waals surface area contributed by atoms with Gasteiger partial charge in [-0.3, -0.25) is 9.48 Å². The highest BCUT2D eigenvalue weighted by molar-refractivity contribution is 5.93. The van der Waals surface area contributed by atoms with E-state index in [-0.39, 0.29) is 5.91 Å². The number of nitrogens with zero attached hydrogens (tertiary/aromatic N) is 3. The fourth-order valence-corrected chi connectivity index (χ4v) is 2.24. The lowest BCUT2D eigenvalue weighted by molar-refractivity contribution is 0.0754. The number of hydrogen-bond acceptors (Lipinski definition) is 2. The van der Waals surface area contributed by atoms with Crippen LogP contribution in [-0.4, -0.2) is 33.7 Å². The molecule has 1 fully saturated rings. The number of rotatable bonds is 1. The van der Waals surface area contributed by atoms with E-state index in [1.807, 2.05) is 25.1 Å². The molecule has 1 aliphatic rings. The first-order valence-electron chi connectivity index (χ1n) is 5.98. The van der Waals surface area contributed by atoms with Gasteiger partial charge >= 0.3 is 0 Å². The van der Waals surface area contributed by atoms with Crippen molar-refractivity contribution in [3.63, 3.8) is 0 Å². The zero-order valence-corrected chi connectivity index (χ0v) is 10.1. The maximum Gasteiger partial charge on any atom is 0.274 e. The van der Waals surface area contributed by atoms with Gasteiger partial charge in [-0.1, -0.05) is 12.8 Å². The predicted octanol–water partition coefficient (Wildman–Crippen LogP) is 1.74. The Hall–Kier alpha value is -1.32. The van der Waals surface area contributed by atoms with Gasteiger partial charge in [0.1, 0.15) is 0 Å². The Morgan fingerprint density at radius 2 is 1.88 bits per heavy atom. The summed E-state index contributed by atoms with van der Waals surface area (Å²) in [5.74, 6) is 0.0972. The number of amides is 1. The molecule has 0 atom stereocenters. The highest BCUT2D eigenvalue weighted by atomic mass is 16.2. The van der Waals surface area contributed by atoms with Crippen molar-refractivity contribution < 1.29 is 4.79 Å². The summed E-state index contributed by atoms with van der Waals surface area (Å²) >= 11 is 0. The maximum absolute atomic E-state index is 12.2. The van der Waals surface area contributed by atoms with Crippen LogP contribution in [0, 0.1) is 6.92 Å². The van der Waals surface area contributed by atoms with Crippen molar-refractivity contribution in [1.82, 2.24) is 14.7 Å². The molecule has 0 aliphatic carbocycles. The molecule has 4 nitrogen and oxygen atoms in total. The van der Waals surface area contributed by atoms with Gasteiger partial charge in [0, 0.05) is 31.9 Å². The molecule has 88 valence electrons. The molecule has 16 heavy (non-hydrogen) atoms. The number of hydrogen-bond donors (Lipinski definition) is 0. The van der Waals surface area contributed by atoms with Crippen LogP contribution < -0.4 is 0 Å². The highest BCUT2D eigenvalue weighted by Gasteiger charge is 2.21. The van der Waals surface area contributed by atoms with Crippen LogP contribution in [0.5, 0.6) is 0 Å². The molecule has 1 amide bonds. The normalized spacial score (nSPS) is 17.2. The van der Waals surface area contributed by atoms with Gasteiger partial charge in [0.15, 0.2) is 5.69 Å². The zero-order valence-electron chi connectivity index (χ0n) is 10.1. The van der Waals surface area contributed by atoms with Gasteiger partial charge in [-0.05, 0) is 19.8 Å². The van der Waals surface area contributed by atoms with Crippen molar-refractivity contribution in [2.45, 2.75) is 32.6 Å². The van der Waals surface area contributed by atoms with Crippen LogP contribution in [0.3, 0.4) is 0 Å². The monoisotopic (exact) mass is 221 g/mol. The second-order valence-electron chi connectivity index (χ2n) is 4.54. The summed E-state index contributed by atoms with van der Waals surface area (Å²) in [6, 6.07) is 0. The summed E-state index contributed by atoms with van der Waals surface area (Å²) in [6.07, 6.45) is 6.62. The molecule has 1 saturated heterocycles. The predicted molar refractivity (Wildman–Crippen MR) is 62.3 cm³/mol. The van der Waals surface area contributed by atoms with Crippen molar-refractivity contribution >= 4 is 5.91 Å². The van der Waals surface area contributed by atoms with Crippen molar-refractivity contribution in [2.75, 3.05) is 13.1 Å². The van der Waals surface area contributed by atoms with Crippen molar-refractivity contribution in [3.05, 3.63) is 17.5 Å². The van der Waals surface area contributed by atoms with Gasteiger partial charge < -0.3 is 4.90 Å². The van der Waals surface area contributed by atoms with E-state index in [1.165, 1.54) is 12.8 Å². The second kappa shape index (κ2) is 4.68. The summed E-state index contributed by atoms with van der Waals surface area (Å²) in [5.41, 5.74) is 1.58. The van der Waals surface area contributed by atoms with E-state index in [4.69, 9.17) is 0 Å². The van der Waals surface area contributed by atoms with Crippen LogP contribution in [0.4, 0.5) is 0 Å². The number of likely N-dealkylation sites (tertiary alicyclic amines) is 1. The molecule has 0 bridgehead atoms. The van der Waals surface area contributed by atoms with Gasteiger partial charge in [0.2, 0.25) is 0 Å². The molecule has 0 N–H and O–H groups in total. The third-order valence-electron chi connectivity index (χ3n) is 3.11. The van der Waals surface area contributed by atoms with E-state index in [2.05, 4.69) is 5.10 Å². The van der Waals surface area contributed by atoms with Gasteiger partial charge in [-0.15, -0.1) is 0 Å². The highest BCUT2D eigenvalue weighted by Crippen LogP contribution is 2.14. The minimum absolute atomic E-state index is 0.0972. The van der Waals surface area contributed by atoms with E-state index in [9.17, 15) is 4.79 Å². The minimum Gasteiger partial charge on any atom is -0.337 e. The number of carbonyl (C=O) groups is 1. The number of carbonyl (C=O) groups excluding carboxylic acids is 1. The molecular formula is C12H19N3O. The van der Waals surface area contributed by atoms with Gasteiger partial charge in [-0.2, -0.15) is 5.10 Å². The topological polar surface area (TPSA) is 38.1 Å². The van der Waals surface area contributed by atoms with Crippen LogP contribution >= 0.6 is 0 Å². The third-order valence-corrected chi connectivity index (χ3v) is 3.11. The summed E-state index contributed by atoms with van der Waals surface area (Å²) in [4.78, 5) is 14.2. The van der Waals surface area contributed by atoms with Crippen LogP contribution in [0.1, 0.15) is 41.7 Å². The first kappa shape index (κ1) is 11.2. The molecule has 2 heterocycles. The van der Waals surface area contributed by atoms with E-state index in [1.54, 1.807) is 4.68 Å². The van der Waals surface area contributed by atoms with Crippen molar-refractivity contribution in [3.8, 4) is 0 Å². The van der Waals surface area contributed by atoms with Crippen molar-refractivity contribution in [2.24, 2.45) is 7.05 Å². The van der Waals surface area contributed by atoms with Crippen LogP contribution in [0.2, 0.25) is 0 Å². The van der Waals surface area contributed by atoms with Gasteiger partial charge in [0.25, 0.3) is 5.91 Å². The van der Waals surface area contributed by atoms with E-state index in [0.717, 1.165) is 31.5 Å². The molecule has 0 spiro atoms. The Morgan fingerprint density at radius 1 is 1.25 bits per heavy atom. The van der Waals surface area contributed by atoms with Crippen LogP contribution in [-0.2, 0) is 7.05 Å². The molecule has 2 rings (SSSR count). The smallest absolute Gasteiger partial charge is 0.274 e. The lowest BCUT2D eigenvalue weighted by Crippen LogP contribution is -2.32. The molecule has 4 heteroatoms. The average Bonchev–Trinajstić information content (AvgIpc) is 2.49. The molecular weight excluding hydrogens is 202 g/mol. The van der Waals surface area contributed by atoms with E-state index < -0.39 is 0 Å². The number of aryl methyl sites for hydroxylation is 2. The van der Waals surface area contributed by atoms with Gasteiger partial charge in [0.05, 0.1) is 0 Å². The largest absolute Gasteiger partial charge is 0.337 e. The molecule has 0 aromatic carbocycles. The Balaban J connectivity index is 2.14. The minimum atomic E-state index is 0.0972. The Labute approximate surface area is 96.2 Å². The standard InChI is InChI=1S/C12H19N3O/c1-10-9-14(2)13-11(10)12(16)15-7-5-3-4-6-8-15/h9H,3-8H2,1-2H3. The molecule has 0 radical (unpaired) electrons. The Bertz CT molecular complexity index is 376. The van der Waals surface area contributed by atoms with E-state index in [0.29, 0.717) is 5.69 Å². The van der Waals surface area contributed by atoms with Crippen LogP contribution in [0.15, 0.2) is 6.20 Å². The summed E-state index contributed by atoms with van der Waals surface area (Å²) in [6.45, 7) is 3.71. The fourth-order valence-electron chi connectivity index (χ4n) is 2.24. The summed E-state index contributed by atoms with van der Waals surface area (Å²) in [5, 5.41) is 4.24. The molecule has 1 aliphatic heterocycles. The zero-order chi connectivity index (χ0) is 11.5. The van der Waals surface area contributed by atoms with Crippen LogP contribution in [0.25, 0.3) is 0 Å². The second-order valence-corrected chi connectivity index (χ2v) is 4.54. The molecule has 1 aromatic heterocycles. The molecule has 0 saturated carbocycles. The SMILES string of the molecule is Cc1cn(C)nc1C(=O)N1CCCCCC1. The summed E-state index contributed by atoms with van der Waals surface area (Å²) < 4.78 is 1.71. The van der Waals surface area contributed by atoms with Crippen molar-refractivity contribution in [1.29, 1.82) is 0 Å². The molecule has 1 aromatic rings. The maximum atomic E-state index is 12.2. The first-order chi connectivity index (χ1) is 7.68. The average molecular weight is 221 g/mol. The lowest BCUT2D eigenvalue weighted by atomic mass is 10.2.